The molecule has 0 saturated heterocycles. The van der Waals surface area contributed by atoms with Crippen molar-refractivity contribution in [1.29, 1.82) is 0 Å². The maximum atomic E-state index is 2.58. The maximum absolute atomic E-state index is 2.58. The average Bonchev–Trinajstić information content (AvgIpc) is 3.71. The first-order chi connectivity index (χ1) is 22.8. The molecule has 0 atom stereocenters. The van der Waals surface area contributed by atoms with Crippen LogP contribution in [0.4, 0.5) is 0 Å². The molecule has 0 bridgehead atoms. The van der Waals surface area contributed by atoms with Crippen molar-refractivity contribution in [1.82, 2.24) is 0 Å². The topological polar surface area (TPSA) is 0 Å². The zero-order valence-corrected chi connectivity index (χ0v) is 25.4. The fourth-order valence-corrected chi connectivity index (χ4v) is 9.49. The molecule has 3 aliphatic rings. The molecule has 0 saturated carbocycles. The van der Waals surface area contributed by atoms with Crippen molar-refractivity contribution in [2.45, 2.75) is 12.3 Å². The number of benzene rings is 8. The zero-order valence-electron chi connectivity index (χ0n) is 25.4. The van der Waals surface area contributed by atoms with E-state index in [4.69, 9.17) is 0 Å². The van der Waals surface area contributed by atoms with Crippen molar-refractivity contribution >= 4 is 21.5 Å². The Labute approximate surface area is 268 Å². The predicted octanol–water partition coefficient (Wildman–Crippen LogP) is 12.0. The van der Waals surface area contributed by atoms with Gasteiger partial charge in [-0.15, -0.1) is 0 Å². The Morgan fingerprint density at radius 2 is 0.913 bits per heavy atom. The first-order valence-electron chi connectivity index (χ1n) is 16.3. The molecular formula is C46H28. The van der Waals surface area contributed by atoms with E-state index >= 15 is 0 Å². The molecule has 3 aliphatic carbocycles. The number of rotatable bonds is 1. The van der Waals surface area contributed by atoms with Crippen LogP contribution in [0.1, 0.15) is 27.8 Å². The summed E-state index contributed by atoms with van der Waals surface area (Å²) in [6.07, 6.45) is 0. The van der Waals surface area contributed by atoms with Gasteiger partial charge in [0.1, 0.15) is 0 Å². The molecule has 46 heavy (non-hydrogen) atoms. The van der Waals surface area contributed by atoms with Gasteiger partial charge >= 0.3 is 0 Å². The molecule has 0 amide bonds. The third kappa shape index (κ3) is 2.74. The standard InChI is InChI=1S/C46H28/c1-27-24-25-28-12-2-3-13-29(28)42(27)34-18-10-17-32-37-26-41-45(36-20-11-19-35(43(32)34)44(36)37)33-16-6-9-23-40(33)46(41)38-21-7-4-14-30(38)31-15-5-8-22-39(31)46/h2-26H,1H3. The van der Waals surface area contributed by atoms with Gasteiger partial charge in [0.25, 0.3) is 0 Å². The van der Waals surface area contributed by atoms with Crippen LogP contribution in [0.3, 0.4) is 0 Å². The Morgan fingerprint density at radius 1 is 0.348 bits per heavy atom. The van der Waals surface area contributed by atoms with Gasteiger partial charge in [-0.3, -0.25) is 0 Å². The molecule has 212 valence electrons. The largest absolute Gasteiger partial charge is 0.0725 e. The summed E-state index contributed by atoms with van der Waals surface area (Å²) in [5.74, 6) is 0. The fourth-order valence-electron chi connectivity index (χ4n) is 9.49. The second kappa shape index (κ2) is 8.50. The van der Waals surface area contributed by atoms with E-state index in [9.17, 15) is 0 Å². The molecule has 11 rings (SSSR count). The summed E-state index contributed by atoms with van der Waals surface area (Å²) in [5.41, 5.74) is 20.0. The van der Waals surface area contributed by atoms with Gasteiger partial charge in [0.2, 0.25) is 0 Å². The van der Waals surface area contributed by atoms with Gasteiger partial charge in [0.15, 0.2) is 0 Å². The lowest BCUT2D eigenvalue weighted by Crippen LogP contribution is -2.25. The first kappa shape index (κ1) is 24.6. The number of hydrogen-bond donors (Lipinski definition) is 0. The molecule has 0 heterocycles. The van der Waals surface area contributed by atoms with Crippen LogP contribution in [0.2, 0.25) is 0 Å². The minimum atomic E-state index is -0.355. The van der Waals surface area contributed by atoms with Crippen molar-refractivity contribution in [2.24, 2.45) is 0 Å². The van der Waals surface area contributed by atoms with Crippen LogP contribution in [-0.4, -0.2) is 0 Å². The Morgan fingerprint density at radius 3 is 1.70 bits per heavy atom. The highest BCUT2D eigenvalue weighted by Gasteiger charge is 2.52. The van der Waals surface area contributed by atoms with Crippen molar-refractivity contribution in [2.75, 3.05) is 0 Å². The van der Waals surface area contributed by atoms with E-state index in [2.05, 4.69) is 159 Å². The summed E-state index contributed by atoms with van der Waals surface area (Å²) in [5, 5.41) is 5.33. The normalized spacial score (nSPS) is 13.9. The first-order valence-corrected chi connectivity index (χ1v) is 16.3. The van der Waals surface area contributed by atoms with Crippen molar-refractivity contribution in [3.05, 3.63) is 179 Å². The lowest BCUT2D eigenvalue weighted by molar-refractivity contribution is 0.795. The second-order valence-corrected chi connectivity index (χ2v) is 13.2. The minimum absolute atomic E-state index is 0.355. The Bertz CT molecular complexity index is 2600. The van der Waals surface area contributed by atoms with Crippen LogP contribution < -0.4 is 0 Å². The Balaban J connectivity index is 1.29. The van der Waals surface area contributed by atoms with E-state index in [1.807, 2.05) is 0 Å². The zero-order chi connectivity index (χ0) is 30.1. The van der Waals surface area contributed by atoms with Gasteiger partial charge in [-0.1, -0.05) is 146 Å². The summed E-state index contributed by atoms with van der Waals surface area (Å²) in [4.78, 5) is 0. The molecule has 0 aliphatic heterocycles. The lowest BCUT2D eigenvalue weighted by atomic mass is 9.70. The molecule has 0 heteroatoms. The van der Waals surface area contributed by atoms with E-state index in [0.717, 1.165) is 0 Å². The maximum Gasteiger partial charge on any atom is 0.0725 e. The van der Waals surface area contributed by atoms with Gasteiger partial charge < -0.3 is 0 Å². The Kier molecular flexibility index (Phi) is 4.54. The lowest BCUT2D eigenvalue weighted by Gasteiger charge is -2.30. The van der Waals surface area contributed by atoms with Crippen LogP contribution in [0.25, 0.3) is 77.2 Å². The summed E-state index contributed by atoms with van der Waals surface area (Å²) < 4.78 is 0. The fraction of sp³-hybridized carbons (Fsp3) is 0.0435. The third-order valence-electron chi connectivity index (χ3n) is 11.1. The second-order valence-electron chi connectivity index (χ2n) is 13.2. The average molecular weight is 581 g/mol. The van der Waals surface area contributed by atoms with E-state index in [0.29, 0.717) is 0 Å². The molecular weight excluding hydrogens is 553 g/mol. The van der Waals surface area contributed by atoms with Crippen molar-refractivity contribution in [3.63, 3.8) is 0 Å². The number of aryl methyl sites for hydroxylation is 1. The summed E-state index contributed by atoms with van der Waals surface area (Å²) in [7, 11) is 0. The molecule has 0 fully saturated rings. The molecule has 0 nitrogen and oxygen atoms in total. The SMILES string of the molecule is Cc1ccc2ccccc2c1-c1cccc2c1-c1cccc3c4c(cc-2c13)C1(c2ccccc2-c2ccccc21)c1ccccc1-4. The number of fused-ring (bicyclic) bond motifs is 15. The highest BCUT2D eigenvalue weighted by atomic mass is 14.5. The van der Waals surface area contributed by atoms with Crippen LogP contribution in [0, 0.1) is 6.92 Å². The van der Waals surface area contributed by atoms with Crippen molar-refractivity contribution < 1.29 is 0 Å². The minimum Gasteiger partial charge on any atom is -0.0619 e. The van der Waals surface area contributed by atoms with Crippen molar-refractivity contribution in [3.8, 4) is 55.6 Å². The monoisotopic (exact) mass is 580 g/mol. The van der Waals surface area contributed by atoms with Gasteiger partial charge in [-0.25, -0.2) is 0 Å². The number of hydrogen-bond acceptors (Lipinski definition) is 0. The predicted molar refractivity (Wildman–Crippen MR) is 192 cm³/mol. The van der Waals surface area contributed by atoms with E-state index < -0.39 is 0 Å². The quantitative estimate of drug-likeness (QED) is 0.181. The van der Waals surface area contributed by atoms with Gasteiger partial charge in [0, 0.05) is 0 Å². The van der Waals surface area contributed by atoms with Gasteiger partial charge in [-0.2, -0.15) is 0 Å². The third-order valence-corrected chi connectivity index (χ3v) is 11.1. The summed E-state index contributed by atoms with van der Waals surface area (Å²) in [6, 6.07) is 57.3. The highest BCUT2D eigenvalue weighted by Crippen LogP contribution is 2.66. The van der Waals surface area contributed by atoms with Crippen LogP contribution in [-0.2, 0) is 5.41 Å². The van der Waals surface area contributed by atoms with Crippen LogP contribution >= 0.6 is 0 Å². The molecule has 0 radical (unpaired) electrons. The van der Waals surface area contributed by atoms with Crippen LogP contribution in [0.15, 0.2) is 152 Å². The molecule has 0 aromatic heterocycles. The molecule has 0 N–H and O–H groups in total. The molecule has 1 spiro atoms. The summed E-state index contributed by atoms with van der Waals surface area (Å²) in [6.45, 7) is 2.26. The van der Waals surface area contributed by atoms with Gasteiger partial charge in [0.05, 0.1) is 5.41 Å². The molecule has 0 unspecified atom stereocenters. The van der Waals surface area contributed by atoms with E-state index in [1.165, 1.54) is 105 Å². The molecule has 8 aromatic rings. The van der Waals surface area contributed by atoms with E-state index in [1.54, 1.807) is 0 Å². The molecule has 8 aromatic carbocycles. The van der Waals surface area contributed by atoms with Crippen LogP contribution in [0.5, 0.6) is 0 Å². The Hall–Kier alpha value is -5.72. The highest BCUT2D eigenvalue weighted by molar-refractivity contribution is 6.23. The van der Waals surface area contributed by atoms with E-state index in [-0.39, 0.29) is 5.41 Å². The summed E-state index contributed by atoms with van der Waals surface area (Å²) >= 11 is 0. The smallest absolute Gasteiger partial charge is 0.0619 e. The van der Waals surface area contributed by atoms with Gasteiger partial charge in [-0.05, 0) is 118 Å².